The summed E-state index contributed by atoms with van der Waals surface area (Å²) in [6.07, 6.45) is -9.49. The van der Waals surface area contributed by atoms with Crippen LogP contribution in [0.5, 0.6) is 11.5 Å². The third kappa shape index (κ3) is 7.21. The molecule has 1 fully saturated rings. The highest BCUT2D eigenvalue weighted by Gasteiger charge is 2.47. The summed E-state index contributed by atoms with van der Waals surface area (Å²) in [5.74, 6) is -0.0347. The van der Waals surface area contributed by atoms with Gasteiger partial charge in [0.1, 0.15) is 58.3 Å². The number of carbonyl (C=O) groups excluding carboxylic acids is 1. The summed E-state index contributed by atoms with van der Waals surface area (Å²) >= 11 is 1.17. The number of furan rings is 1. The summed E-state index contributed by atoms with van der Waals surface area (Å²) < 4.78 is 33.3. The predicted molar refractivity (Wildman–Crippen MR) is 165 cm³/mol. The van der Waals surface area contributed by atoms with Crippen molar-refractivity contribution in [3.63, 3.8) is 0 Å². The SMILES string of the molecule is CCOC(C(=O)c1ccc(-c2cc(OC)c(C)c(OC)c2)o1)c1ccc(-c2nnc(CO[C@H]3O[C@H](C(=O)O)[C@@H](O)[C@H](O)[C@H]3O)s2)cc1. The molecule has 3 heterocycles. The van der Waals surface area contributed by atoms with Crippen LogP contribution in [0.2, 0.25) is 0 Å². The van der Waals surface area contributed by atoms with Crippen LogP contribution in [0, 0.1) is 6.92 Å². The van der Waals surface area contributed by atoms with E-state index >= 15 is 0 Å². The maximum absolute atomic E-state index is 13.6. The summed E-state index contributed by atoms with van der Waals surface area (Å²) in [5.41, 5.74) is 2.82. The van der Waals surface area contributed by atoms with E-state index in [9.17, 15) is 30.0 Å². The zero-order valence-corrected chi connectivity index (χ0v) is 26.7. The molecule has 1 aliphatic heterocycles. The van der Waals surface area contributed by atoms with Crippen molar-refractivity contribution in [3.05, 3.63) is 70.4 Å². The Kier molecular flexibility index (Phi) is 10.7. The molecule has 47 heavy (non-hydrogen) atoms. The van der Waals surface area contributed by atoms with E-state index in [2.05, 4.69) is 10.2 Å². The number of methoxy groups -OCH3 is 2. The summed E-state index contributed by atoms with van der Waals surface area (Å²) in [6.45, 7) is 3.75. The molecule has 250 valence electrons. The Morgan fingerprint density at radius 1 is 0.936 bits per heavy atom. The summed E-state index contributed by atoms with van der Waals surface area (Å²) in [6, 6.07) is 14.0. The molecule has 1 unspecified atom stereocenters. The van der Waals surface area contributed by atoms with Crippen LogP contribution >= 0.6 is 11.3 Å². The van der Waals surface area contributed by atoms with E-state index in [0.29, 0.717) is 44.0 Å². The number of ketones is 1. The smallest absolute Gasteiger partial charge is 0.335 e. The largest absolute Gasteiger partial charge is 0.496 e. The highest BCUT2D eigenvalue weighted by molar-refractivity contribution is 7.14. The zero-order valence-electron chi connectivity index (χ0n) is 25.9. The topological polar surface area (TPSA) is 200 Å². The number of aromatic nitrogens is 2. The number of aliphatic hydroxyl groups excluding tert-OH is 3. The van der Waals surface area contributed by atoms with Crippen molar-refractivity contribution in [2.24, 2.45) is 0 Å². The molecule has 2 aromatic heterocycles. The first-order chi connectivity index (χ1) is 22.6. The number of aliphatic hydroxyl groups is 3. The second-order valence-electron chi connectivity index (χ2n) is 10.5. The molecular weight excluding hydrogens is 636 g/mol. The first-order valence-corrected chi connectivity index (χ1v) is 15.3. The number of Topliss-reactive ketones (excluding diaryl/α,β-unsaturated/α-hetero) is 1. The second-order valence-corrected chi connectivity index (χ2v) is 11.6. The molecule has 4 aromatic rings. The van der Waals surface area contributed by atoms with Crippen LogP contribution in [0.1, 0.15) is 39.7 Å². The second kappa shape index (κ2) is 14.7. The first-order valence-electron chi connectivity index (χ1n) is 14.5. The van der Waals surface area contributed by atoms with Crippen molar-refractivity contribution in [3.8, 4) is 33.4 Å². The van der Waals surface area contributed by atoms with Gasteiger partial charge in [-0.25, -0.2) is 4.79 Å². The molecule has 6 atom stereocenters. The minimum absolute atomic E-state index is 0.124. The van der Waals surface area contributed by atoms with Gasteiger partial charge in [0.05, 0.1) is 14.2 Å². The predicted octanol–water partition coefficient (Wildman–Crippen LogP) is 3.16. The lowest BCUT2D eigenvalue weighted by atomic mass is 9.99. The average Bonchev–Trinajstić information content (AvgIpc) is 3.76. The van der Waals surface area contributed by atoms with Gasteiger partial charge in [-0.2, -0.15) is 0 Å². The van der Waals surface area contributed by atoms with Crippen molar-refractivity contribution in [2.45, 2.75) is 57.3 Å². The Morgan fingerprint density at radius 2 is 1.62 bits per heavy atom. The number of benzene rings is 2. The van der Waals surface area contributed by atoms with Gasteiger partial charge in [0.25, 0.3) is 0 Å². The maximum Gasteiger partial charge on any atom is 0.335 e. The van der Waals surface area contributed by atoms with Crippen LogP contribution in [-0.2, 0) is 25.6 Å². The van der Waals surface area contributed by atoms with Crippen molar-refractivity contribution < 1.29 is 58.1 Å². The minimum Gasteiger partial charge on any atom is -0.496 e. The van der Waals surface area contributed by atoms with E-state index in [-0.39, 0.29) is 24.8 Å². The molecule has 1 aliphatic rings. The van der Waals surface area contributed by atoms with Crippen LogP contribution in [0.3, 0.4) is 0 Å². The molecule has 0 radical (unpaired) electrons. The monoisotopic (exact) mass is 670 g/mol. The highest BCUT2D eigenvalue weighted by Crippen LogP contribution is 2.36. The number of carboxylic acids is 1. The fourth-order valence-corrected chi connectivity index (χ4v) is 5.81. The quantitative estimate of drug-likeness (QED) is 0.151. The maximum atomic E-state index is 13.6. The van der Waals surface area contributed by atoms with Crippen LogP contribution in [-0.4, -0.2) is 93.9 Å². The van der Waals surface area contributed by atoms with Crippen LogP contribution < -0.4 is 9.47 Å². The number of carbonyl (C=O) groups is 2. The lowest BCUT2D eigenvalue weighted by Crippen LogP contribution is -2.60. The minimum atomic E-state index is -1.82. The van der Waals surface area contributed by atoms with Crippen molar-refractivity contribution in [1.29, 1.82) is 0 Å². The number of rotatable bonds is 13. The Hall–Kier alpha value is -4.22. The van der Waals surface area contributed by atoms with Gasteiger partial charge < -0.3 is 48.5 Å². The van der Waals surface area contributed by atoms with Crippen LogP contribution in [0.15, 0.2) is 52.9 Å². The van der Waals surface area contributed by atoms with Crippen LogP contribution in [0.25, 0.3) is 21.9 Å². The Labute approximate surface area is 273 Å². The molecule has 0 spiro atoms. The Balaban J connectivity index is 1.27. The summed E-state index contributed by atoms with van der Waals surface area (Å²) in [4.78, 5) is 24.9. The zero-order chi connectivity index (χ0) is 33.8. The number of nitrogens with zero attached hydrogens (tertiary/aromatic N) is 2. The molecule has 0 saturated carbocycles. The molecule has 1 saturated heterocycles. The molecule has 4 N–H and O–H groups in total. The third-order valence-electron chi connectivity index (χ3n) is 7.57. The average molecular weight is 671 g/mol. The van der Waals surface area contributed by atoms with E-state index in [1.807, 2.05) is 19.1 Å². The van der Waals surface area contributed by atoms with Crippen LogP contribution in [0.4, 0.5) is 0 Å². The molecular formula is C32H34N2O12S. The molecule has 2 aromatic carbocycles. The van der Waals surface area contributed by atoms with Gasteiger partial charge in [-0.15, -0.1) is 10.2 Å². The van der Waals surface area contributed by atoms with E-state index < -0.39 is 42.8 Å². The van der Waals surface area contributed by atoms with E-state index in [1.54, 1.807) is 57.5 Å². The van der Waals surface area contributed by atoms with E-state index in [4.69, 9.17) is 28.1 Å². The van der Waals surface area contributed by atoms with Crippen molar-refractivity contribution in [1.82, 2.24) is 10.2 Å². The number of carboxylic acid groups (broad SMARTS) is 1. The Morgan fingerprint density at radius 3 is 2.23 bits per heavy atom. The fourth-order valence-electron chi connectivity index (χ4n) is 5.05. The molecule has 15 heteroatoms. The molecule has 0 bridgehead atoms. The van der Waals surface area contributed by atoms with Crippen molar-refractivity contribution >= 4 is 23.1 Å². The molecule has 0 aliphatic carbocycles. The number of hydrogen-bond donors (Lipinski definition) is 4. The summed E-state index contributed by atoms with van der Waals surface area (Å²) in [5, 5.41) is 48.3. The normalized spacial score (nSPS) is 21.7. The van der Waals surface area contributed by atoms with Gasteiger partial charge >= 0.3 is 5.97 Å². The lowest BCUT2D eigenvalue weighted by Gasteiger charge is -2.38. The van der Waals surface area contributed by atoms with Crippen molar-refractivity contribution in [2.75, 3.05) is 20.8 Å². The van der Waals surface area contributed by atoms with Gasteiger partial charge in [0.15, 0.2) is 18.2 Å². The van der Waals surface area contributed by atoms with Gasteiger partial charge in [0, 0.05) is 23.3 Å². The lowest BCUT2D eigenvalue weighted by molar-refractivity contribution is -0.297. The van der Waals surface area contributed by atoms with Gasteiger partial charge in [-0.05, 0) is 43.7 Å². The Bertz CT molecular complexity index is 1680. The molecule has 14 nitrogen and oxygen atoms in total. The summed E-state index contributed by atoms with van der Waals surface area (Å²) in [7, 11) is 3.13. The fraction of sp³-hybridized carbons (Fsp3) is 0.375. The van der Waals surface area contributed by atoms with Gasteiger partial charge in [-0.3, -0.25) is 4.79 Å². The number of hydrogen-bond acceptors (Lipinski definition) is 14. The number of aliphatic carboxylic acids is 1. The molecule has 5 rings (SSSR count). The van der Waals surface area contributed by atoms with Gasteiger partial charge in [0.2, 0.25) is 5.78 Å². The number of ether oxygens (including phenoxy) is 5. The first kappa shape index (κ1) is 34.1. The molecule has 0 amide bonds. The third-order valence-corrected chi connectivity index (χ3v) is 8.51. The highest BCUT2D eigenvalue weighted by atomic mass is 32.1. The standard InChI is InChI=1S/C32H34N2O12S/c1-5-43-28(24(35)20-11-10-19(45-20)18-12-21(41-3)15(2)22(13-18)42-4)16-6-8-17(9-7-16)30-34-33-23(47-30)14-44-32-27(38)25(36)26(37)29(46-32)31(39)40/h6-13,25-29,32,36-38H,5,14H2,1-4H3,(H,39,40)/t25-,26-,27+,28?,29-,32-/m0/s1. The van der Waals surface area contributed by atoms with E-state index in [1.165, 1.54) is 11.3 Å². The van der Waals surface area contributed by atoms with Gasteiger partial charge in [-0.1, -0.05) is 35.6 Å². The van der Waals surface area contributed by atoms with E-state index in [0.717, 1.165) is 5.56 Å².